The first-order valence-electron chi connectivity index (χ1n) is 5.17. The Morgan fingerprint density at radius 3 is 2.54 bits per heavy atom. The van der Waals surface area contributed by atoms with Crippen molar-refractivity contribution in [3.63, 3.8) is 0 Å². The number of ether oxygens (including phenoxy) is 1. The van der Waals surface area contributed by atoms with E-state index >= 15 is 0 Å². The molecule has 0 unspecified atom stereocenters. The van der Waals surface area contributed by atoms with Crippen molar-refractivity contribution in [2.45, 2.75) is 19.9 Å². The van der Waals surface area contributed by atoms with Gasteiger partial charge in [0.05, 0.1) is 6.61 Å². The van der Waals surface area contributed by atoms with Crippen LogP contribution in [0.25, 0.3) is 0 Å². The minimum absolute atomic E-state index is 0.748. The molecule has 0 aromatic rings. The Bertz CT molecular complexity index is 135. The fourth-order valence-electron chi connectivity index (χ4n) is 1.63. The predicted molar refractivity (Wildman–Crippen MR) is 54.9 cm³/mol. The van der Waals surface area contributed by atoms with Crippen LogP contribution in [0.15, 0.2) is 0 Å². The van der Waals surface area contributed by atoms with Gasteiger partial charge in [-0.1, -0.05) is 13.8 Å². The maximum atomic E-state index is 5.11. The summed E-state index contributed by atoms with van der Waals surface area (Å²) in [5.41, 5.74) is 0. The molecular formula is C10H22N2O. The Kier molecular flexibility index (Phi) is 4.70. The van der Waals surface area contributed by atoms with Gasteiger partial charge < -0.3 is 10.1 Å². The normalized spacial score (nSPS) is 18.2. The average Bonchev–Trinajstić information content (AvgIpc) is 1.95. The second-order valence-corrected chi connectivity index (χ2v) is 4.19. The number of hydrogen-bond donors (Lipinski definition) is 1. The van der Waals surface area contributed by atoms with Crippen LogP contribution in [0.3, 0.4) is 0 Å². The van der Waals surface area contributed by atoms with Gasteiger partial charge in [0, 0.05) is 39.3 Å². The molecule has 0 aliphatic carbocycles. The van der Waals surface area contributed by atoms with E-state index in [1.54, 1.807) is 7.11 Å². The van der Waals surface area contributed by atoms with E-state index in [0.717, 1.165) is 38.2 Å². The molecule has 78 valence electrons. The largest absolute Gasteiger partial charge is 0.383 e. The average molecular weight is 186 g/mol. The highest BCUT2D eigenvalue weighted by atomic mass is 16.5. The van der Waals surface area contributed by atoms with Gasteiger partial charge in [0.2, 0.25) is 0 Å². The SMILES string of the molecule is COCCN(CC(C)C)C1CNC1. The van der Waals surface area contributed by atoms with Gasteiger partial charge in [-0.2, -0.15) is 0 Å². The van der Waals surface area contributed by atoms with E-state index in [1.165, 1.54) is 6.54 Å². The maximum absolute atomic E-state index is 5.11. The summed E-state index contributed by atoms with van der Waals surface area (Å²) in [7, 11) is 1.77. The summed E-state index contributed by atoms with van der Waals surface area (Å²) < 4.78 is 5.11. The van der Waals surface area contributed by atoms with E-state index in [-0.39, 0.29) is 0 Å². The zero-order valence-electron chi connectivity index (χ0n) is 9.05. The lowest BCUT2D eigenvalue weighted by Gasteiger charge is -2.39. The summed E-state index contributed by atoms with van der Waals surface area (Å²) >= 11 is 0. The molecule has 0 spiro atoms. The van der Waals surface area contributed by atoms with Crippen LogP contribution in [-0.2, 0) is 4.74 Å². The summed E-state index contributed by atoms with van der Waals surface area (Å²) in [6.07, 6.45) is 0. The lowest BCUT2D eigenvalue weighted by atomic mass is 10.1. The Morgan fingerprint density at radius 1 is 1.46 bits per heavy atom. The zero-order valence-corrected chi connectivity index (χ0v) is 9.05. The second kappa shape index (κ2) is 5.58. The van der Waals surface area contributed by atoms with E-state index in [0.29, 0.717) is 0 Å². The number of nitrogens with one attached hydrogen (secondary N) is 1. The van der Waals surface area contributed by atoms with E-state index in [4.69, 9.17) is 4.74 Å². The Hall–Kier alpha value is -0.120. The van der Waals surface area contributed by atoms with Crippen molar-refractivity contribution in [3.05, 3.63) is 0 Å². The third kappa shape index (κ3) is 3.63. The van der Waals surface area contributed by atoms with Gasteiger partial charge in [0.15, 0.2) is 0 Å². The zero-order chi connectivity index (χ0) is 9.68. The predicted octanol–water partition coefficient (Wildman–Crippen LogP) is 0.563. The van der Waals surface area contributed by atoms with Gasteiger partial charge in [-0.15, -0.1) is 0 Å². The number of rotatable bonds is 6. The Balaban J connectivity index is 2.24. The highest BCUT2D eigenvalue weighted by Crippen LogP contribution is 2.07. The van der Waals surface area contributed by atoms with Crippen LogP contribution in [0.5, 0.6) is 0 Å². The molecule has 0 aromatic carbocycles. The van der Waals surface area contributed by atoms with E-state index in [1.807, 2.05) is 0 Å². The summed E-state index contributed by atoms with van der Waals surface area (Å²) in [4.78, 5) is 2.53. The van der Waals surface area contributed by atoms with Crippen LogP contribution in [-0.4, -0.2) is 50.8 Å². The molecule has 0 bridgehead atoms. The molecule has 0 radical (unpaired) electrons. The fraction of sp³-hybridized carbons (Fsp3) is 1.00. The molecule has 0 atom stereocenters. The lowest BCUT2D eigenvalue weighted by Crippen LogP contribution is -2.58. The van der Waals surface area contributed by atoms with Crippen molar-refractivity contribution in [2.75, 3.05) is 39.9 Å². The maximum Gasteiger partial charge on any atom is 0.0589 e. The first-order chi connectivity index (χ1) is 6.24. The van der Waals surface area contributed by atoms with Gasteiger partial charge in [-0.05, 0) is 5.92 Å². The summed E-state index contributed by atoms with van der Waals surface area (Å²) in [6.45, 7) is 9.95. The van der Waals surface area contributed by atoms with Gasteiger partial charge >= 0.3 is 0 Å². The molecule has 0 saturated carbocycles. The van der Waals surface area contributed by atoms with E-state index < -0.39 is 0 Å². The first kappa shape index (κ1) is 11.0. The van der Waals surface area contributed by atoms with Crippen LogP contribution in [0, 0.1) is 5.92 Å². The minimum Gasteiger partial charge on any atom is -0.383 e. The highest BCUT2D eigenvalue weighted by molar-refractivity contribution is 4.84. The first-order valence-corrected chi connectivity index (χ1v) is 5.17. The van der Waals surface area contributed by atoms with Crippen LogP contribution in [0.1, 0.15) is 13.8 Å². The molecule has 1 saturated heterocycles. The van der Waals surface area contributed by atoms with Crippen molar-refractivity contribution in [1.29, 1.82) is 0 Å². The molecule has 1 aliphatic heterocycles. The topological polar surface area (TPSA) is 24.5 Å². The molecule has 0 amide bonds. The van der Waals surface area contributed by atoms with Crippen LogP contribution in [0.2, 0.25) is 0 Å². The molecule has 3 heteroatoms. The standard InChI is InChI=1S/C10H22N2O/c1-9(2)8-12(4-5-13-3)10-6-11-7-10/h9-11H,4-8H2,1-3H3. The summed E-state index contributed by atoms with van der Waals surface area (Å²) in [5, 5.41) is 3.31. The highest BCUT2D eigenvalue weighted by Gasteiger charge is 2.24. The van der Waals surface area contributed by atoms with Crippen LogP contribution >= 0.6 is 0 Å². The molecule has 0 aromatic heterocycles. The lowest BCUT2D eigenvalue weighted by molar-refractivity contribution is 0.0866. The van der Waals surface area contributed by atoms with Crippen molar-refractivity contribution < 1.29 is 4.74 Å². The third-order valence-electron chi connectivity index (χ3n) is 2.46. The summed E-state index contributed by atoms with van der Waals surface area (Å²) in [6, 6.07) is 0.748. The van der Waals surface area contributed by atoms with Crippen molar-refractivity contribution >= 4 is 0 Å². The van der Waals surface area contributed by atoms with Crippen molar-refractivity contribution in [3.8, 4) is 0 Å². The number of methoxy groups -OCH3 is 1. The molecule has 1 rings (SSSR count). The third-order valence-corrected chi connectivity index (χ3v) is 2.46. The second-order valence-electron chi connectivity index (χ2n) is 4.19. The van der Waals surface area contributed by atoms with Crippen LogP contribution < -0.4 is 5.32 Å². The molecule has 1 aliphatic rings. The summed E-state index contributed by atoms with van der Waals surface area (Å²) in [5.74, 6) is 0.748. The van der Waals surface area contributed by atoms with Crippen molar-refractivity contribution in [1.82, 2.24) is 10.2 Å². The van der Waals surface area contributed by atoms with Gasteiger partial charge in [0.1, 0.15) is 0 Å². The Labute approximate surface area is 81.4 Å². The van der Waals surface area contributed by atoms with Gasteiger partial charge in [0.25, 0.3) is 0 Å². The Morgan fingerprint density at radius 2 is 2.15 bits per heavy atom. The molecule has 13 heavy (non-hydrogen) atoms. The fourth-order valence-corrected chi connectivity index (χ4v) is 1.63. The smallest absolute Gasteiger partial charge is 0.0589 e. The molecule has 1 heterocycles. The van der Waals surface area contributed by atoms with E-state index in [2.05, 4.69) is 24.1 Å². The van der Waals surface area contributed by atoms with Gasteiger partial charge in [-0.3, -0.25) is 4.90 Å². The quantitative estimate of drug-likeness (QED) is 0.656. The number of hydrogen-bond acceptors (Lipinski definition) is 3. The monoisotopic (exact) mass is 186 g/mol. The van der Waals surface area contributed by atoms with E-state index in [9.17, 15) is 0 Å². The molecule has 3 nitrogen and oxygen atoms in total. The minimum atomic E-state index is 0.748. The molecule has 1 N–H and O–H groups in total. The molecule has 1 fully saturated rings. The van der Waals surface area contributed by atoms with Crippen molar-refractivity contribution in [2.24, 2.45) is 5.92 Å². The van der Waals surface area contributed by atoms with Gasteiger partial charge in [-0.25, -0.2) is 0 Å². The van der Waals surface area contributed by atoms with Crippen LogP contribution in [0.4, 0.5) is 0 Å². The number of nitrogens with zero attached hydrogens (tertiary/aromatic N) is 1. The molecular weight excluding hydrogens is 164 g/mol.